The summed E-state index contributed by atoms with van der Waals surface area (Å²) in [5.74, 6) is -0.891. The molecule has 0 fully saturated rings. The average Bonchev–Trinajstić information content (AvgIpc) is 2.94. The van der Waals surface area contributed by atoms with Gasteiger partial charge in [0, 0.05) is 12.6 Å². The minimum atomic E-state index is -0.831. The van der Waals surface area contributed by atoms with Crippen LogP contribution in [0.1, 0.15) is 44.1 Å². The molecule has 0 saturated carbocycles. The Hall–Kier alpha value is -1.89. The molecule has 2 aromatic rings. The van der Waals surface area contributed by atoms with E-state index in [0.29, 0.717) is 12.1 Å². The Morgan fingerprint density at radius 3 is 2.73 bits per heavy atom. The van der Waals surface area contributed by atoms with Gasteiger partial charge in [-0.05, 0) is 48.5 Å². The third-order valence-electron chi connectivity index (χ3n) is 3.81. The van der Waals surface area contributed by atoms with Crippen molar-refractivity contribution in [2.75, 3.05) is 7.05 Å². The summed E-state index contributed by atoms with van der Waals surface area (Å²) in [6.45, 7) is 5.37. The lowest BCUT2D eigenvalue weighted by Crippen LogP contribution is -2.24. The van der Waals surface area contributed by atoms with Gasteiger partial charge in [0.25, 0.3) is 0 Å². The summed E-state index contributed by atoms with van der Waals surface area (Å²) in [5.41, 5.74) is 0.717. The van der Waals surface area contributed by atoms with Gasteiger partial charge in [-0.15, -0.1) is 5.10 Å². The number of nitrogens with zero attached hydrogens (tertiary/aromatic N) is 5. The average molecular weight is 309 g/mol. The minimum Gasteiger partial charge on any atom is -0.292 e. The molecule has 1 heterocycles. The van der Waals surface area contributed by atoms with E-state index in [4.69, 9.17) is 0 Å². The number of hydrogen-bond acceptors (Lipinski definition) is 4. The quantitative estimate of drug-likeness (QED) is 0.789. The largest absolute Gasteiger partial charge is 0.292 e. The molecule has 0 aliphatic carbocycles. The van der Waals surface area contributed by atoms with Gasteiger partial charge in [-0.1, -0.05) is 19.4 Å². The summed E-state index contributed by atoms with van der Waals surface area (Å²) in [5, 5.41) is 11.7. The highest BCUT2D eigenvalue weighted by Crippen LogP contribution is 2.22. The molecule has 0 radical (unpaired) electrons. The fourth-order valence-corrected chi connectivity index (χ4v) is 2.20. The lowest BCUT2D eigenvalue weighted by atomic mass is 10.1. The smallest absolute Gasteiger partial charge is 0.165 e. The molecule has 0 bridgehead atoms. The van der Waals surface area contributed by atoms with E-state index < -0.39 is 11.6 Å². The molecule has 0 N–H and O–H groups in total. The maximum absolute atomic E-state index is 13.4. The van der Waals surface area contributed by atoms with E-state index in [1.165, 1.54) is 6.07 Å². The van der Waals surface area contributed by atoms with Gasteiger partial charge in [-0.2, -0.15) is 0 Å². The molecule has 0 aliphatic heterocycles. The van der Waals surface area contributed by atoms with Crippen LogP contribution in [0.4, 0.5) is 8.78 Å². The number of aromatic nitrogens is 4. The predicted molar refractivity (Wildman–Crippen MR) is 79.0 cm³/mol. The predicted octanol–water partition coefficient (Wildman–Crippen LogP) is 2.94. The van der Waals surface area contributed by atoms with E-state index in [2.05, 4.69) is 22.4 Å². The number of halogens is 2. The Bertz CT molecular complexity index is 614. The van der Waals surface area contributed by atoms with Crippen molar-refractivity contribution in [3.05, 3.63) is 41.2 Å². The normalized spacial score (nSPS) is 12.8. The molecular weight excluding hydrogens is 288 g/mol. The number of tetrazole rings is 1. The zero-order valence-electron chi connectivity index (χ0n) is 13.1. The standard InChI is InChI=1S/C15H21F2N5/c1-4-5-8-22-15(18-19-20-22)10-21(3)11(2)12-6-7-13(16)14(17)9-12/h6-7,9,11H,4-5,8,10H2,1-3H3. The first-order chi connectivity index (χ1) is 10.5. The van der Waals surface area contributed by atoms with Crippen LogP contribution < -0.4 is 0 Å². The van der Waals surface area contributed by atoms with Gasteiger partial charge >= 0.3 is 0 Å². The molecule has 5 nitrogen and oxygen atoms in total. The topological polar surface area (TPSA) is 46.8 Å². The first-order valence-corrected chi connectivity index (χ1v) is 7.43. The number of benzene rings is 1. The molecule has 7 heteroatoms. The molecule has 0 saturated heterocycles. The van der Waals surface area contributed by atoms with Crippen LogP contribution in [0.2, 0.25) is 0 Å². The second-order valence-electron chi connectivity index (χ2n) is 5.44. The van der Waals surface area contributed by atoms with Crippen molar-refractivity contribution >= 4 is 0 Å². The summed E-state index contributed by atoms with van der Waals surface area (Å²) in [6, 6.07) is 3.91. The number of rotatable bonds is 7. The van der Waals surface area contributed by atoms with Crippen molar-refractivity contribution in [2.45, 2.75) is 45.8 Å². The van der Waals surface area contributed by atoms with Gasteiger partial charge in [0.1, 0.15) is 0 Å². The van der Waals surface area contributed by atoms with Crippen LogP contribution in [0.3, 0.4) is 0 Å². The van der Waals surface area contributed by atoms with Crippen molar-refractivity contribution in [1.29, 1.82) is 0 Å². The summed E-state index contributed by atoms with van der Waals surface area (Å²) in [4.78, 5) is 2.00. The molecule has 22 heavy (non-hydrogen) atoms. The number of aryl methyl sites for hydroxylation is 1. The summed E-state index contributed by atoms with van der Waals surface area (Å²) >= 11 is 0. The molecule has 1 atom stereocenters. The van der Waals surface area contributed by atoms with E-state index in [1.54, 1.807) is 10.7 Å². The van der Waals surface area contributed by atoms with Crippen molar-refractivity contribution < 1.29 is 8.78 Å². The van der Waals surface area contributed by atoms with Gasteiger partial charge in [0.15, 0.2) is 17.5 Å². The Labute approximate surface area is 128 Å². The molecule has 0 aliphatic rings. The van der Waals surface area contributed by atoms with Crippen LogP contribution >= 0.6 is 0 Å². The van der Waals surface area contributed by atoms with Crippen molar-refractivity contribution in [1.82, 2.24) is 25.1 Å². The van der Waals surface area contributed by atoms with Crippen LogP contribution in [-0.4, -0.2) is 32.2 Å². The lowest BCUT2D eigenvalue weighted by Gasteiger charge is -2.24. The fraction of sp³-hybridized carbons (Fsp3) is 0.533. The van der Waals surface area contributed by atoms with E-state index in [1.807, 2.05) is 18.9 Å². The Morgan fingerprint density at radius 2 is 2.05 bits per heavy atom. The first kappa shape index (κ1) is 16.5. The molecule has 0 amide bonds. The van der Waals surface area contributed by atoms with E-state index in [0.717, 1.165) is 31.3 Å². The zero-order valence-corrected chi connectivity index (χ0v) is 13.1. The Morgan fingerprint density at radius 1 is 1.27 bits per heavy atom. The molecule has 0 spiro atoms. The van der Waals surface area contributed by atoms with Crippen LogP contribution in [0.15, 0.2) is 18.2 Å². The molecule has 1 unspecified atom stereocenters. The molecule has 2 rings (SSSR count). The highest BCUT2D eigenvalue weighted by Gasteiger charge is 2.17. The summed E-state index contributed by atoms with van der Waals surface area (Å²) < 4.78 is 28.2. The monoisotopic (exact) mass is 309 g/mol. The number of hydrogen-bond donors (Lipinski definition) is 0. The highest BCUT2D eigenvalue weighted by molar-refractivity contribution is 5.20. The Balaban J connectivity index is 2.06. The molecule has 120 valence electrons. The van der Waals surface area contributed by atoms with Crippen molar-refractivity contribution in [3.8, 4) is 0 Å². The van der Waals surface area contributed by atoms with Gasteiger partial charge < -0.3 is 0 Å². The zero-order chi connectivity index (χ0) is 16.1. The van der Waals surface area contributed by atoms with Crippen LogP contribution in [-0.2, 0) is 13.1 Å². The molecule has 1 aromatic carbocycles. The highest BCUT2D eigenvalue weighted by atomic mass is 19.2. The number of unbranched alkanes of at least 4 members (excludes halogenated alkanes) is 1. The summed E-state index contributed by atoms with van der Waals surface area (Å²) in [6.07, 6.45) is 2.08. The van der Waals surface area contributed by atoms with Gasteiger partial charge in [-0.3, -0.25) is 4.90 Å². The fourth-order valence-electron chi connectivity index (χ4n) is 2.20. The van der Waals surface area contributed by atoms with Gasteiger partial charge in [-0.25, -0.2) is 13.5 Å². The second-order valence-corrected chi connectivity index (χ2v) is 5.44. The lowest BCUT2D eigenvalue weighted by molar-refractivity contribution is 0.240. The maximum atomic E-state index is 13.4. The van der Waals surface area contributed by atoms with Crippen molar-refractivity contribution in [3.63, 3.8) is 0 Å². The molecular formula is C15H21F2N5. The second kappa shape index (κ2) is 7.40. The SMILES string of the molecule is CCCCn1nnnc1CN(C)C(C)c1ccc(F)c(F)c1. The van der Waals surface area contributed by atoms with Crippen molar-refractivity contribution in [2.24, 2.45) is 0 Å². The minimum absolute atomic E-state index is 0.0774. The summed E-state index contributed by atoms with van der Waals surface area (Å²) in [7, 11) is 1.91. The molecule has 1 aromatic heterocycles. The Kier molecular flexibility index (Phi) is 5.54. The van der Waals surface area contributed by atoms with E-state index in [9.17, 15) is 8.78 Å². The third kappa shape index (κ3) is 3.85. The first-order valence-electron chi connectivity index (χ1n) is 7.43. The van der Waals surface area contributed by atoms with Crippen LogP contribution in [0, 0.1) is 11.6 Å². The van der Waals surface area contributed by atoms with Crippen LogP contribution in [0.25, 0.3) is 0 Å². The van der Waals surface area contributed by atoms with Gasteiger partial charge in [0.05, 0.1) is 6.54 Å². The maximum Gasteiger partial charge on any atom is 0.165 e. The van der Waals surface area contributed by atoms with E-state index in [-0.39, 0.29) is 6.04 Å². The van der Waals surface area contributed by atoms with Gasteiger partial charge in [0.2, 0.25) is 0 Å². The van der Waals surface area contributed by atoms with Crippen LogP contribution in [0.5, 0.6) is 0 Å². The van der Waals surface area contributed by atoms with E-state index >= 15 is 0 Å². The third-order valence-corrected chi connectivity index (χ3v) is 3.81.